The minimum Gasteiger partial charge on any atom is -0.383 e. The van der Waals surface area contributed by atoms with Crippen molar-refractivity contribution < 1.29 is 4.79 Å². The molecule has 212 valence electrons. The van der Waals surface area contributed by atoms with E-state index >= 15 is 0 Å². The molecule has 1 aliphatic carbocycles. The quantitative estimate of drug-likeness (QED) is 0.319. The Hall–Kier alpha value is -5.42. The van der Waals surface area contributed by atoms with Crippen LogP contribution in [-0.2, 0) is 19.5 Å². The monoisotopic (exact) mass is 568 g/mol. The smallest absolute Gasteiger partial charge is 0.253 e. The Kier molecular flexibility index (Phi) is 5.79. The fourth-order valence-corrected chi connectivity index (χ4v) is 6.19. The number of benzene rings is 1. The molecule has 0 saturated carbocycles. The summed E-state index contributed by atoms with van der Waals surface area (Å²) < 4.78 is 3.74. The van der Waals surface area contributed by atoms with Gasteiger partial charge in [0.15, 0.2) is 17.3 Å². The first-order valence-corrected chi connectivity index (χ1v) is 14.2. The average molecular weight is 569 g/mol. The van der Waals surface area contributed by atoms with Crippen LogP contribution in [-0.4, -0.2) is 52.1 Å². The number of fused-ring (bicyclic) bond motifs is 3. The number of aryl methyl sites for hydroxylation is 1. The molecule has 5 aromatic heterocycles. The number of hydrogen-bond acceptors (Lipinski definition) is 8. The lowest BCUT2D eigenvalue weighted by molar-refractivity contribution is 0.0936. The molecule has 0 fully saturated rings. The highest BCUT2D eigenvalue weighted by Gasteiger charge is 2.27. The number of nitrogens with one attached hydrogen (secondary N) is 1. The van der Waals surface area contributed by atoms with Crippen molar-refractivity contribution in [1.82, 2.24) is 44.5 Å². The Morgan fingerprint density at radius 3 is 2.79 bits per heavy atom. The third-order valence-corrected chi connectivity index (χ3v) is 8.26. The number of nitrogen functional groups attached to an aromatic ring is 1. The summed E-state index contributed by atoms with van der Waals surface area (Å²) in [5.41, 5.74) is 14.4. The SMILES string of the molecule is CN1Cc2cc(C(=O)N[C@H]3CCc4cc(-n5c(-c6cccnc6N)nc6ccc(-n7cccn7)nc65)ccc43)cnc2C1. The van der Waals surface area contributed by atoms with Gasteiger partial charge < -0.3 is 11.1 Å². The second-order valence-corrected chi connectivity index (χ2v) is 11.1. The molecule has 43 heavy (non-hydrogen) atoms. The van der Waals surface area contributed by atoms with Crippen LogP contribution in [0.25, 0.3) is 34.1 Å². The average Bonchev–Trinajstić information content (AvgIpc) is 3.82. The molecule has 0 bridgehead atoms. The number of carbonyl (C=O) groups is 1. The lowest BCUT2D eigenvalue weighted by Crippen LogP contribution is -2.27. The molecule has 0 saturated heterocycles. The van der Waals surface area contributed by atoms with Gasteiger partial charge in [0.25, 0.3) is 5.91 Å². The molecule has 1 amide bonds. The maximum absolute atomic E-state index is 13.2. The summed E-state index contributed by atoms with van der Waals surface area (Å²) >= 11 is 0. The molecule has 11 heteroatoms. The zero-order valence-electron chi connectivity index (χ0n) is 23.5. The molecule has 0 spiro atoms. The number of aromatic nitrogens is 7. The highest BCUT2D eigenvalue weighted by molar-refractivity contribution is 5.94. The van der Waals surface area contributed by atoms with Gasteiger partial charge in [-0.1, -0.05) is 6.07 Å². The Morgan fingerprint density at radius 2 is 1.93 bits per heavy atom. The van der Waals surface area contributed by atoms with Crippen molar-refractivity contribution in [2.24, 2.45) is 0 Å². The van der Waals surface area contributed by atoms with E-state index in [1.807, 2.05) is 47.2 Å². The van der Waals surface area contributed by atoms with Gasteiger partial charge in [-0.05, 0) is 85.1 Å². The van der Waals surface area contributed by atoms with Crippen LogP contribution in [0.1, 0.15) is 45.2 Å². The van der Waals surface area contributed by atoms with Crippen LogP contribution in [0.15, 0.2) is 79.4 Å². The second kappa shape index (κ2) is 9.85. The number of hydrogen-bond donors (Lipinski definition) is 2. The van der Waals surface area contributed by atoms with Gasteiger partial charge >= 0.3 is 0 Å². The van der Waals surface area contributed by atoms with Gasteiger partial charge in [0.1, 0.15) is 11.3 Å². The van der Waals surface area contributed by atoms with Crippen molar-refractivity contribution in [3.05, 3.63) is 107 Å². The van der Waals surface area contributed by atoms with E-state index in [2.05, 4.69) is 50.5 Å². The predicted octanol–water partition coefficient (Wildman–Crippen LogP) is 4.01. The molecule has 1 aliphatic heterocycles. The third-order valence-electron chi connectivity index (χ3n) is 8.26. The molecule has 6 heterocycles. The van der Waals surface area contributed by atoms with Gasteiger partial charge in [-0.15, -0.1) is 0 Å². The number of imidazole rings is 1. The largest absolute Gasteiger partial charge is 0.383 e. The molecular weight excluding hydrogens is 540 g/mol. The Balaban J connectivity index is 1.16. The van der Waals surface area contributed by atoms with E-state index < -0.39 is 0 Å². The Morgan fingerprint density at radius 1 is 1.00 bits per heavy atom. The van der Waals surface area contributed by atoms with E-state index in [1.165, 1.54) is 5.56 Å². The Labute approximate surface area is 247 Å². The van der Waals surface area contributed by atoms with E-state index in [0.717, 1.165) is 59.5 Å². The first-order chi connectivity index (χ1) is 21.0. The number of nitrogens with zero attached hydrogens (tertiary/aromatic N) is 8. The molecule has 1 atom stereocenters. The number of amides is 1. The van der Waals surface area contributed by atoms with E-state index in [4.69, 9.17) is 15.7 Å². The summed E-state index contributed by atoms with van der Waals surface area (Å²) in [5.74, 6) is 1.63. The summed E-state index contributed by atoms with van der Waals surface area (Å²) in [6.07, 6.45) is 8.59. The zero-order valence-corrected chi connectivity index (χ0v) is 23.5. The number of carbonyl (C=O) groups excluding carboxylic acids is 1. The van der Waals surface area contributed by atoms with Crippen molar-refractivity contribution in [2.75, 3.05) is 12.8 Å². The summed E-state index contributed by atoms with van der Waals surface area (Å²) in [6, 6.07) is 17.7. The van der Waals surface area contributed by atoms with Crippen LogP contribution in [0, 0.1) is 0 Å². The topological polar surface area (TPSA) is 133 Å². The van der Waals surface area contributed by atoms with Crippen molar-refractivity contribution in [1.29, 1.82) is 0 Å². The molecule has 0 unspecified atom stereocenters. The standard InChI is InChI=1S/C32H28N10O/c1-40-17-21-14-20(16-35-27(21)18-40)32(43)38-25-8-5-19-15-22(6-7-23(19)25)42-30(24-4-2-11-34-29(24)33)37-26-9-10-28(39-31(26)42)41-13-3-12-36-41/h2-4,6-7,9-16,25H,5,8,17-18H2,1H3,(H2,33,34)(H,38,43)/t25-/m0/s1. The van der Waals surface area contributed by atoms with E-state index in [9.17, 15) is 4.79 Å². The van der Waals surface area contributed by atoms with Gasteiger partial charge in [-0.25, -0.2) is 19.6 Å². The van der Waals surface area contributed by atoms with Crippen molar-refractivity contribution in [3.63, 3.8) is 0 Å². The zero-order chi connectivity index (χ0) is 29.1. The molecule has 2 aliphatic rings. The normalized spacial score (nSPS) is 16.0. The molecular formula is C32H28N10O. The van der Waals surface area contributed by atoms with E-state index in [1.54, 1.807) is 23.3 Å². The van der Waals surface area contributed by atoms with Crippen molar-refractivity contribution in [2.45, 2.75) is 32.0 Å². The molecule has 8 rings (SSSR count). The van der Waals surface area contributed by atoms with Crippen LogP contribution >= 0.6 is 0 Å². The van der Waals surface area contributed by atoms with E-state index in [-0.39, 0.29) is 11.9 Å². The van der Waals surface area contributed by atoms with Gasteiger partial charge in [0.2, 0.25) is 0 Å². The van der Waals surface area contributed by atoms with Gasteiger partial charge in [0.05, 0.1) is 22.9 Å². The van der Waals surface area contributed by atoms with Crippen molar-refractivity contribution in [3.8, 4) is 22.9 Å². The first-order valence-electron chi connectivity index (χ1n) is 14.2. The lowest BCUT2D eigenvalue weighted by Gasteiger charge is -2.16. The van der Waals surface area contributed by atoms with Crippen LogP contribution in [0.4, 0.5) is 5.82 Å². The fraction of sp³-hybridized carbons (Fsp3) is 0.188. The highest BCUT2D eigenvalue weighted by Crippen LogP contribution is 2.36. The Bertz CT molecular complexity index is 2030. The molecule has 1 aromatic carbocycles. The molecule has 6 aromatic rings. The molecule has 3 N–H and O–H groups in total. The van der Waals surface area contributed by atoms with Crippen LogP contribution in [0.5, 0.6) is 0 Å². The summed E-state index contributed by atoms with van der Waals surface area (Å²) in [5, 5.41) is 7.60. The second-order valence-electron chi connectivity index (χ2n) is 11.1. The van der Waals surface area contributed by atoms with Gasteiger partial charge in [0, 0.05) is 43.6 Å². The van der Waals surface area contributed by atoms with Gasteiger partial charge in [-0.3, -0.25) is 19.2 Å². The number of rotatable bonds is 5. The fourth-order valence-electron chi connectivity index (χ4n) is 6.19. The van der Waals surface area contributed by atoms with E-state index in [0.29, 0.717) is 28.7 Å². The highest BCUT2D eigenvalue weighted by atomic mass is 16.1. The predicted molar refractivity (Wildman–Crippen MR) is 162 cm³/mol. The lowest BCUT2D eigenvalue weighted by atomic mass is 10.1. The summed E-state index contributed by atoms with van der Waals surface area (Å²) in [4.78, 5) is 34.2. The van der Waals surface area contributed by atoms with Gasteiger partial charge in [-0.2, -0.15) is 5.10 Å². The van der Waals surface area contributed by atoms with Crippen LogP contribution < -0.4 is 11.1 Å². The first kappa shape index (κ1) is 25.3. The number of pyridine rings is 3. The minimum absolute atomic E-state index is 0.0787. The van der Waals surface area contributed by atoms with Crippen LogP contribution in [0.3, 0.4) is 0 Å². The minimum atomic E-state index is -0.0999. The maximum atomic E-state index is 13.2. The summed E-state index contributed by atoms with van der Waals surface area (Å²) in [6.45, 7) is 1.63. The summed E-state index contributed by atoms with van der Waals surface area (Å²) in [7, 11) is 2.06. The van der Waals surface area contributed by atoms with Crippen molar-refractivity contribution >= 4 is 22.9 Å². The third kappa shape index (κ3) is 4.32. The number of anilines is 1. The maximum Gasteiger partial charge on any atom is 0.253 e. The molecule has 11 nitrogen and oxygen atoms in total. The number of nitrogens with two attached hydrogens (primary N) is 1. The van der Waals surface area contributed by atoms with Crippen LogP contribution in [0.2, 0.25) is 0 Å². The molecule has 0 radical (unpaired) electrons.